The van der Waals surface area contributed by atoms with E-state index in [1.807, 2.05) is 31.2 Å². The first-order valence-electron chi connectivity index (χ1n) is 11.6. The van der Waals surface area contributed by atoms with Crippen LogP contribution in [0.5, 0.6) is 23.0 Å². The van der Waals surface area contributed by atoms with E-state index in [0.717, 1.165) is 5.56 Å². The summed E-state index contributed by atoms with van der Waals surface area (Å²) in [5.74, 6) is 1.35. The number of carbonyl (C=O) groups is 2. The Kier molecular flexibility index (Phi) is 9.74. The molecule has 0 atom stereocenters. The van der Waals surface area contributed by atoms with Crippen molar-refractivity contribution in [1.82, 2.24) is 5.32 Å². The van der Waals surface area contributed by atoms with Gasteiger partial charge in [0.1, 0.15) is 17.4 Å². The number of carbonyl (C=O) groups excluding carboxylic acids is 2. The zero-order chi connectivity index (χ0) is 26.6. The Morgan fingerprint density at radius 3 is 2.46 bits per heavy atom. The van der Waals surface area contributed by atoms with Crippen molar-refractivity contribution in [2.75, 3.05) is 20.8 Å². The Balaban J connectivity index is 1.63. The van der Waals surface area contributed by atoms with Gasteiger partial charge in [-0.05, 0) is 66.9 Å². The van der Waals surface area contributed by atoms with Crippen molar-refractivity contribution in [2.45, 2.75) is 26.3 Å². The molecule has 0 aliphatic rings. The molecule has 0 saturated carbocycles. The fourth-order valence-corrected chi connectivity index (χ4v) is 3.41. The Morgan fingerprint density at radius 2 is 1.78 bits per heavy atom. The third-order valence-corrected chi connectivity index (χ3v) is 5.24. The van der Waals surface area contributed by atoms with Crippen LogP contribution in [0.4, 0.5) is 0 Å². The molecule has 0 bridgehead atoms. The number of nitrogens with one attached hydrogen (secondary N) is 1. The standard InChI is InChI=1S/C28H28N2O7/c1-4-35-23-10-7-19(15-25(23)33-2)9-12-27(31)37-24-11-8-20(16-26(24)34-3)14-21(17-29)28(32)30-18-22-6-5-13-36-22/h5-8,10-11,13-16H,4,9,12,18H2,1-3H3,(H,30,32)/b21-14+. The van der Waals surface area contributed by atoms with E-state index in [9.17, 15) is 14.9 Å². The Hall–Kier alpha value is -4.71. The number of amides is 1. The van der Waals surface area contributed by atoms with Crippen LogP contribution in [0.1, 0.15) is 30.2 Å². The molecule has 0 radical (unpaired) electrons. The molecule has 3 aromatic rings. The van der Waals surface area contributed by atoms with Crippen LogP contribution in [-0.4, -0.2) is 32.7 Å². The maximum Gasteiger partial charge on any atom is 0.311 e. The van der Waals surface area contributed by atoms with E-state index in [0.29, 0.717) is 35.9 Å². The Labute approximate surface area is 215 Å². The summed E-state index contributed by atoms with van der Waals surface area (Å²) in [6.07, 6.45) is 3.51. The van der Waals surface area contributed by atoms with E-state index in [1.54, 1.807) is 37.4 Å². The van der Waals surface area contributed by atoms with E-state index in [4.69, 9.17) is 23.4 Å². The summed E-state index contributed by atoms with van der Waals surface area (Å²) in [7, 11) is 3.00. The third-order valence-electron chi connectivity index (χ3n) is 5.24. The molecule has 1 heterocycles. The second kappa shape index (κ2) is 13.4. The largest absolute Gasteiger partial charge is 0.493 e. The summed E-state index contributed by atoms with van der Waals surface area (Å²) in [5.41, 5.74) is 1.34. The second-order valence-electron chi connectivity index (χ2n) is 7.73. The highest BCUT2D eigenvalue weighted by Crippen LogP contribution is 2.30. The first-order valence-corrected chi connectivity index (χ1v) is 11.6. The van der Waals surface area contributed by atoms with E-state index in [-0.39, 0.29) is 30.0 Å². The highest BCUT2D eigenvalue weighted by atomic mass is 16.6. The normalized spacial score (nSPS) is 10.8. The number of esters is 1. The lowest BCUT2D eigenvalue weighted by Crippen LogP contribution is -2.23. The highest BCUT2D eigenvalue weighted by Gasteiger charge is 2.14. The molecule has 3 rings (SSSR count). The lowest BCUT2D eigenvalue weighted by atomic mass is 10.1. The minimum atomic E-state index is -0.542. The van der Waals surface area contributed by atoms with Crippen molar-refractivity contribution in [1.29, 1.82) is 5.26 Å². The molecule has 0 spiro atoms. The topological polar surface area (TPSA) is 120 Å². The van der Waals surface area contributed by atoms with Crippen molar-refractivity contribution in [3.8, 4) is 29.1 Å². The van der Waals surface area contributed by atoms with Gasteiger partial charge in [0, 0.05) is 6.42 Å². The van der Waals surface area contributed by atoms with Crippen molar-refractivity contribution in [2.24, 2.45) is 0 Å². The maximum absolute atomic E-state index is 12.5. The zero-order valence-corrected chi connectivity index (χ0v) is 20.9. The molecule has 192 valence electrons. The quantitative estimate of drug-likeness (QED) is 0.166. The van der Waals surface area contributed by atoms with Gasteiger partial charge in [-0.1, -0.05) is 12.1 Å². The summed E-state index contributed by atoms with van der Waals surface area (Å²) in [4.78, 5) is 24.9. The van der Waals surface area contributed by atoms with Crippen molar-refractivity contribution in [3.63, 3.8) is 0 Å². The van der Waals surface area contributed by atoms with E-state index >= 15 is 0 Å². The first-order chi connectivity index (χ1) is 18.0. The fourth-order valence-electron chi connectivity index (χ4n) is 3.41. The minimum absolute atomic E-state index is 0.0934. The number of hydrogen-bond acceptors (Lipinski definition) is 8. The van der Waals surface area contributed by atoms with Gasteiger partial charge in [0.25, 0.3) is 5.91 Å². The Bertz CT molecular complexity index is 1290. The van der Waals surface area contributed by atoms with Gasteiger partial charge in [-0.3, -0.25) is 9.59 Å². The van der Waals surface area contributed by atoms with Gasteiger partial charge in [-0.25, -0.2) is 0 Å². The van der Waals surface area contributed by atoms with Gasteiger partial charge in [-0.2, -0.15) is 5.26 Å². The Morgan fingerprint density at radius 1 is 1.03 bits per heavy atom. The number of furan rings is 1. The minimum Gasteiger partial charge on any atom is -0.493 e. The van der Waals surface area contributed by atoms with Gasteiger partial charge in [0.05, 0.1) is 33.6 Å². The lowest BCUT2D eigenvalue weighted by molar-refractivity contribution is -0.134. The van der Waals surface area contributed by atoms with Crippen LogP contribution in [0.2, 0.25) is 0 Å². The number of nitriles is 1. The number of aryl methyl sites for hydroxylation is 1. The summed E-state index contributed by atoms with van der Waals surface area (Å²) < 4.78 is 26.9. The molecule has 0 aliphatic heterocycles. The van der Waals surface area contributed by atoms with Crippen LogP contribution in [0.15, 0.2) is 64.8 Å². The van der Waals surface area contributed by atoms with Crippen molar-refractivity contribution < 1.29 is 33.0 Å². The summed E-state index contributed by atoms with van der Waals surface area (Å²) >= 11 is 0. The highest BCUT2D eigenvalue weighted by molar-refractivity contribution is 6.01. The molecule has 37 heavy (non-hydrogen) atoms. The molecule has 1 N–H and O–H groups in total. The summed E-state index contributed by atoms with van der Waals surface area (Å²) in [6.45, 7) is 2.57. The van der Waals surface area contributed by atoms with Crippen LogP contribution >= 0.6 is 0 Å². The molecule has 2 aromatic carbocycles. The smallest absolute Gasteiger partial charge is 0.311 e. The number of hydrogen-bond donors (Lipinski definition) is 1. The predicted molar refractivity (Wildman–Crippen MR) is 135 cm³/mol. The monoisotopic (exact) mass is 504 g/mol. The van der Waals surface area contributed by atoms with E-state index in [1.165, 1.54) is 19.4 Å². The van der Waals surface area contributed by atoms with Gasteiger partial charge in [-0.15, -0.1) is 0 Å². The molecule has 0 unspecified atom stereocenters. The molecule has 1 aromatic heterocycles. The van der Waals surface area contributed by atoms with Crippen molar-refractivity contribution >= 4 is 18.0 Å². The van der Waals surface area contributed by atoms with Crippen LogP contribution in [-0.2, 0) is 22.6 Å². The lowest BCUT2D eigenvalue weighted by Gasteiger charge is -2.12. The maximum atomic E-state index is 12.5. The molecule has 0 aliphatic carbocycles. The van der Waals surface area contributed by atoms with Gasteiger partial charge in [0.2, 0.25) is 0 Å². The van der Waals surface area contributed by atoms with Crippen molar-refractivity contribution in [3.05, 3.63) is 77.3 Å². The molecule has 9 heteroatoms. The first kappa shape index (κ1) is 26.9. The van der Waals surface area contributed by atoms with E-state index < -0.39 is 11.9 Å². The molecule has 9 nitrogen and oxygen atoms in total. The molecular weight excluding hydrogens is 476 g/mol. The SMILES string of the molecule is CCOc1ccc(CCC(=O)Oc2ccc(/C=C(\C#N)C(=O)NCc3ccco3)cc2OC)cc1OC. The summed E-state index contributed by atoms with van der Waals surface area (Å²) in [5, 5.41) is 12.1. The van der Waals surface area contributed by atoms with Crippen LogP contribution in [0.3, 0.4) is 0 Å². The summed E-state index contributed by atoms with van der Waals surface area (Å²) in [6, 6.07) is 15.6. The zero-order valence-electron chi connectivity index (χ0n) is 20.9. The number of benzene rings is 2. The predicted octanol–water partition coefficient (Wildman–Crippen LogP) is 4.46. The van der Waals surface area contributed by atoms with Crippen LogP contribution < -0.4 is 24.3 Å². The average Bonchev–Trinajstić information content (AvgIpc) is 3.44. The van der Waals surface area contributed by atoms with E-state index in [2.05, 4.69) is 5.32 Å². The number of ether oxygens (including phenoxy) is 4. The molecule has 0 saturated heterocycles. The number of nitrogens with zero attached hydrogens (tertiary/aromatic N) is 1. The second-order valence-corrected chi connectivity index (χ2v) is 7.73. The number of rotatable bonds is 12. The van der Waals surface area contributed by atoms with Crippen LogP contribution in [0, 0.1) is 11.3 Å². The molecule has 0 fully saturated rings. The van der Waals surface area contributed by atoms with Gasteiger partial charge in [0.15, 0.2) is 23.0 Å². The molecule has 1 amide bonds. The van der Waals surface area contributed by atoms with Crippen LogP contribution in [0.25, 0.3) is 6.08 Å². The van der Waals surface area contributed by atoms with Gasteiger partial charge >= 0.3 is 5.97 Å². The van der Waals surface area contributed by atoms with Gasteiger partial charge < -0.3 is 28.7 Å². The number of methoxy groups -OCH3 is 2. The fraction of sp³-hybridized carbons (Fsp3) is 0.250. The average molecular weight is 505 g/mol. The third kappa shape index (κ3) is 7.64. The molecular formula is C28H28N2O7.